The Morgan fingerprint density at radius 1 is 1.28 bits per heavy atom. The quantitative estimate of drug-likeness (QED) is 0.769. The fourth-order valence-electron chi connectivity index (χ4n) is 2.40. The second kappa shape index (κ2) is 4.02. The van der Waals surface area contributed by atoms with Crippen LogP contribution in [0.3, 0.4) is 0 Å². The summed E-state index contributed by atoms with van der Waals surface area (Å²) in [5, 5.41) is 0.638. The van der Waals surface area contributed by atoms with Crippen molar-refractivity contribution in [3.63, 3.8) is 0 Å². The number of carbonyl (C=O) groups excluding carboxylic acids is 1. The van der Waals surface area contributed by atoms with Crippen molar-refractivity contribution in [1.29, 1.82) is 0 Å². The lowest BCUT2D eigenvalue weighted by Crippen LogP contribution is -2.13. The van der Waals surface area contributed by atoms with Gasteiger partial charge in [0.25, 0.3) is 0 Å². The highest BCUT2D eigenvalue weighted by Gasteiger charge is 2.34. The molecule has 0 bridgehead atoms. The predicted molar refractivity (Wildman–Crippen MR) is 73.3 cm³/mol. The Kier molecular flexibility index (Phi) is 2.59. The van der Waals surface area contributed by atoms with E-state index in [0.717, 1.165) is 24.1 Å². The standard InChI is InChI=1S/C15H15NOS/c1-15(2)9-8-11-13(15)16-14(18-11)12(17)10-6-4-3-5-7-10/h3-7H,8-9H2,1-2H3. The van der Waals surface area contributed by atoms with Gasteiger partial charge in [0.05, 0.1) is 5.69 Å². The van der Waals surface area contributed by atoms with Crippen molar-refractivity contribution in [3.8, 4) is 0 Å². The topological polar surface area (TPSA) is 30.0 Å². The average Bonchev–Trinajstić information content (AvgIpc) is 2.91. The Balaban J connectivity index is 1.98. The Hall–Kier alpha value is -1.48. The second-order valence-corrected chi connectivity index (χ2v) is 6.45. The molecule has 0 atom stereocenters. The van der Waals surface area contributed by atoms with E-state index in [9.17, 15) is 4.79 Å². The number of nitrogens with zero attached hydrogens (tertiary/aromatic N) is 1. The highest BCUT2D eigenvalue weighted by Crippen LogP contribution is 2.40. The number of hydrogen-bond donors (Lipinski definition) is 0. The molecule has 0 N–H and O–H groups in total. The van der Waals surface area contributed by atoms with Crippen LogP contribution in [-0.4, -0.2) is 10.8 Å². The number of aromatic nitrogens is 1. The van der Waals surface area contributed by atoms with E-state index >= 15 is 0 Å². The lowest BCUT2D eigenvalue weighted by Gasteiger charge is -2.15. The summed E-state index contributed by atoms with van der Waals surface area (Å²) < 4.78 is 0. The van der Waals surface area contributed by atoms with Gasteiger partial charge in [-0.05, 0) is 12.8 Å². The Morgan fingerprint density at radius 2 is 2.00 bits per heavy atom. The number of carbonyl (C=O) groups is 1. The molecule has 3 heteroatoms. The summed E-state index contributed by atoms with van der Waals surface area (Å²) in [5.74, 6) is 0.0470. The molecule has 2 aromatic rings. The van der Waals surface area contributed by atoms with Crippen LogP contribution in [0.25, 0.3) is 0 Å². The van der Waals surface area contributed by atoms with Crippen molar-refractivity contribution in [1.82, 2.24) is 4.98 Å². The molecule has 3 rings (SSSR count). The lowest BCUT2D eigenvalue weighted by molar-refractivity contribution is 0.103. The predicted octanol–water partition coefficient (Wildman–Crippen LogP) is 3.60. The van der Waals surface area contributed by atoms with Crippen molar-refractivity contribution in [2.75, 3.05) is 0 Å². The third-order valence-corrected chi connectivity index (χ3v) is 4.66. The van der Waals surface area contributed by atoms with Crippen LogP contribution in [-0.2, 0) is 11.8 Å². The zero-order chi connectivity index (χ0) is 12.8. The molecule has 0 unspecified atom stereocenters. The van der Waals surface area contributed by atoms with Crippen molar-refractivity contribution in [2.45, 2.75) is 32.1 Å². The van der Waals surface area contributed by atoms with Crippen LogP contribution in [0.1, 0.15) is 46.2 Å². The first-order valence-corrected chi connectivity index (χ1v) is 6.99. The van der Waals surface area contributed by atoms with Crippen LogP contribution < -0.4 is 0 Å². The molecule has 0 radical (unpaired) electrons. The molecule has 92 valence electrons. The van der Waals surface area contributed by atoms with Gasteiger partial charge in [0, 0.05) is 15.9 Å². The number of ketones is 1. The fourth-order valence-corrected chi connectivity index (χ4v) is 3.61. The monoisotopic (exact) mass is 257 g/mol. The van der Waals surface area contributed by atoms with Gasteiger partial charge in [-0.1, -0.05) is 44.2 Å². The number of aryl methyl sites for hydroxylation is 1. The summed E-state index contributed by atoms with van der Waals surface area (Å²) in [7, 11) is 0. The molecule has 1 aromatic carbocycles. The Morgan fingerprint density at radius 3 is 2.67 bits per heavy atom. The molecule has 1 aliphatic carbocycles. The summed E-state index contributed by atoms with van der Waals surface area (Å²) in [5.41, 5.74) is 1.98. The van der Waals surface area contributed by atoms with E-state index in [2.05, 4.69) is 18.8 Å². The van der Waals surface area contributed by atoms with E-state index in [0.29, 0.717) is 5.01 Å². The van der Waals surface area contributed by atoms with E-state index in [1.54, 1.807) is 11.3 Å². The van der Waals surface area contributed by atoms with Crippen LogP contribution in [0.5, 0.6) is 0 Å². The first-order valence-electron chi connectivity index (χ1n) is 6.18. The zero-order valence-electron chi connectivity index (χ0n) is 10.6. The molecule has 0 spiro atoms. The third-order valence-electron chi connectivity index (χ3n) is 3.55. The van der Waals surface area contributed by atoms with Gasteiger partial charge >= 0.3 is 0 Å². The molecule has 1 aromatic heterocycles. The van der Waals surface area contributed by atoms with Gasteiger partial charge in [0.2, 0.25) is 5.78 Å². The van der Waals surface area contributed by atoms with Crippen molar-refractivity contribution < 1.29 is 4.79 Å². The fraction of sp³-hybridized carbons (Fsp3) is 0.333. The van der Waals surface area contributed by atoms with Gasteiger partial charge in [-0.15, -0.1) is 11.3 Å². The summed E-state index contributed by atoms with van der Waals surface area (Å²) in [6.45, 7) is 4.41. The normalized spacial score (nSPS) is 16.6. The first kappa shape index (κ1) is 11.6. The van der Waals surface area contributed by atoms with Gasteiger partial charge in [0.1, 0.15) is 0 Å². The average molecular weight is 257 g/mol. The smallest absolute Gasteiger partial charge is 0.221 e. The van der Waals surface area contributed by atoms with Gasteiger partial charge < -0.3 is 0 Å². The van der Waals surface area contributed by atoms with E-state index < -0.39 is 0 Å². The molecule has 18 heavy (non-hydrogen) atoms. The number of benzene rings is 1. The van der Waals surface area contributed by atoms with Gasteiger partial charge in [-0.25, -0.2) is 4.98 Å². The minimum absolute atomic E-state index is 0.0470. The number of thiazole rings is 1. The summed E-state index contributed by atoms with van der Waals surface area (Å²) >= 11 is 1.57. The van der Waals surface area contributed by atoms with E-state index in [-0.39, 0.29) is 11.2 Å². The van der Waals surface area contributed by atoms with Gasteiger partial charge in [-0.2, -0.15) is 0 Å². The zero-order valence-corrected chi connectivity index (χ0v) is 11.4. The molecular weight excluding hydrogens is 242 g/mol. The number of fused-ring (bicyclic) bond motifs is 1. The molecule has 2 nitrogen and oxygen atoms in total. The molecule has 1 aliphatic rings. The lowest BCUT2D eigenvalue weighted by atomic mass is 9.91. The van der Waals surface area contributed by atoms with Gasteiger partial charge in [0.15, 0.2) is 5.01 Å². The summed E-state index contributed by atoms with van der Waals surface area (Å²) in [4.78, 5) is 18.2. The number of rotatable bonds is 2. The summed E-state index contributed by atoms with van der Waals surface area (Å²) in [6.07, 6.45) is 2.20. The minimum Gasteiger partial charge on any atom is -0.286 e. The van der Waals surface area contributed by atoms with E-state index in [1.165, 1.54) is 4.88 Å². The highest BCUT2D eigenvalue weighted by molar-refractivity contribution is 7.14. The molecular formula is C15H15NOS. The second-order valence-electron chi connectivity index (χ2n) is 5.37. The maximum Gasteiger partial charge on any atom is 0.221 e. The largest absolute Gasteiger partial charge is 0.286 e. The van der Waals surface area contributed by atoms with E-state index in [1.807, 2.05) is 30.3 Å². The molecule has 0 fully saturated rings. The third kappa shape index (κ3) is 1.79. The van der Waals surface area contributed by atoms with Crippen LogP contribution in [0.4, 0.5) is 0 Å². The van der Waals surface area contributed by atoms with Crippen LogP contribution >= 0.6 is 11.3 Å². The number of hydrogen-bond acceptors (Lipinski definition) is 3. The maximum atomic E-state index is 12.3. The van der Waals surface area contributed by atoms with Crippen LogP contribution in [0.15, 0.2) is 30.3 Å². The van der Waals surface area contributed by atoms with Crippen molar-refractivity contribution in [3.05, 3.63) is 51.5 Å². The maximum absolute atomic E-state index is 12.3. The Labute approximate surface area is 111 Å². The van der Waals surface area contributed by atoms with Crippen molar-refractivity contribution >= 4 is 17.1 Å². The highest BCUT2D eigenvalue weighted by atomic mass is 32.1. The van der Waals surface area contributed by atoms with Gasteiger partial charge in [-0.3, -0.25) is 4.79 Å². The van der Waals surface area contributed by atoms with Crippen LogP contribution in [0, 0.1) is 0 Å². The molecule has 0 aliphatic heterocycles. The molecule has 0 saturated heterocycles. The minimum atomic E-state index is 0.0470. The molecule has 0 saturated carbocycles. The van der Waals surface area contributed by atoms with Crippen LogP contribution in [0.2, 0.25) is 0 Å². The van der Waals surface area contributed by atoms with E-state index in [4.69, 9.17) is 0 Å². The molecule has 0 amide bonds. The SMILES string of the molecule is CC1(C)CCc2sc(C(=O)c3ccccc3)nc21. The molecule has 1 heterocycles. The van der Waals surface area contributed by atoms with Crippen molar-refractivity contribution in [2.24, 2.45) is 0 Å². The Bertz CT molecular complexity index is 598. The summed E-state index contributed by atoms with van der Waals surface area (Å²) in [6, 6.07) is 9.39. The first-order chi connectivity index (χ1) is 8.58.